The molecule has 0 N–H and O–H groups in total. The van der Waals surface area contributed by atoms with Crippen LogP contribution in [0.15, 0.2) is 30.4 Å². The average Bonchev–Trinajstić information content (AvgIpc) is 2.51. The van der Waals surface area contributed by atoms with Crippen molar-refractivity contribution in [2.75, 3.05) is 0 Å². The lowest BCUT2D eigenvalue weighted by Crippen LogP contribution is -2.13. The van der Waals surface area contributed by atoms with Crippen molar-refractivity contribution in [2.24, 2.45) is 5.92 Å². The van der Waals surface area contributed by atoms with E-state index in [-0.39, 0.29) is 11.5 Å². The van der Waals surface area contributed by atoms with Crippen molar-refractivity contribution in [3.8, 4) is 6.07 Å². The molecule has 0 unspecified atom stereocenters. The quantitative estimate of drug-likeness (QED) is 0.501. The molecule has 1 nitrogen and oxygen atoms in total. The van der Waals surface area contributed by atoms with Crippen LogP contribution in [-0.2, 0) is 0 Å². The monoisotopic (exact) mass is 325 g/mol. The van der Waals surface area contributed by atoms with Crippen molar-refractivity contribution >= 4 is 0 Å². The summed E-state index contributed by atoms with van der Waals surface area (Å²) >= 11 is 0. The van der Waals surface area contributed by atoms with Crippen LogP contribution >= 0.6 is 0 Å². The van der Waals surface area contributed by atoms with Crippen LogP contribution < -0.4 is 0 Å². The predicted molar refractivity (Wildman–Crippen MR) is 80.2 cm³/mol. The van der Waals surface area contributed by atoms with Gasteiger partial charge in [-0.1, -0.05) is 12.1 Å². The van der Waals surface area contributed by atoms with Gasteiger partial charge in [0.05, 0.1) is 5.56 Å². The van der Waals surface area contributed by atoms with E-state index in [9.17, 15) is 17.6 Å². The summed E-state index contributed by atoms with van der Waals surface area (Å²) in [5.74, 6) is 0.232. The zero-order valence-corrected chi connectivity index (χ0v) is 12.7. The first-order valence-corrected chi connectivity index (χ1v) is 7.83. The molecule has 1 aromatic carbocycles. The second-order valence-electron chi connectivity index (χ2n) is 6.09. The zero-order chi connectivity index (χ0) is 16.9. The maximum Gasteiger partial charge on any atom is 0.409 e. The third-order valence-electron chi connectivity index (χ3n) is 4.48. The molecule has 0 spiro atoms. The van der Waals surface area contributed by atoms with Gasteiger partial charge >= 0.3 is 6.18 Å². The summed E-state index contributed by atoms with van der Waals surface area (Å²) in [4.78, 5) is 0. The van der Waals surface area contributed by atoms with Crippen molar-refractivity contribution in [3.63, 3.8) is 0 Å². The van der Waals surface area contributed by atoms with Crippen molar-refractivity contribution in [2.45, 2.75) is 50.6 Å². The van der Waals surface area contributed by atoms with Crippen molar-refractivity contribution in [1.29, 1.82) is 5.26 Å². The Bertz CT molecular complexity index is 590. The molecule has 1 fully saturated rings. The molecule has 124 valence electrons. The van der Waals surface area contributed by atoms with Crippen LogP contribution in [0.3, 0.4) is 0 Å². The summed E-state index contributed by atoms with van der Waals surface area (Å²) in [5, 5.41) is 8.74. The third-order valence-corrected chi connectivity index (χ3v) is 4.48. The van der Waals surface area contributed by atoms with Crippen LogP contribution in [0.5, 0.6) is 0 Å². The Morgan fingerprint density at radius 2 is 1.87 bits per heavy atom. The van der Waals surface area contributed by atoms with Crippen LogP contribution in [0, 0.1) is 23.1 Å². The van der Waals surface area contributed by atoms with Crippen molar-refractivity contribution < 1.29 is 17.6 Å². The predicted octanol–water partition coefficient (Wildman–Crippen LogP) is 5.87. The molecule has 0 saturated heterocycles. The molecule has 1 aliphatic rings. The van der Waals surface area contributed by atoms with E-state index in [1.165, 1.54) is 18.2 Å². The number of rotatable bonds is 4. The summed E-state index contributed by atoms with van der Waals surface area (Å²) in [6.45, 7) is 0. The number of hydrogen-bond donors (Lipinski definition) is 0. The lowest BCUT2D eigenvalue weighted by atomic mass is 9.77. The van der Waals surface area contributed by atoms with Crippen LogP contribution in [0.2, 0.25) is 0 Å². The molecule has 2 rings (SSSR count). The van der Waals surface area contributed by atoms with E-state index in [4.69, 9.17) is 5.26 Å². The van der Waals surface area contributed by atoms with Gasteiger partial charge in [0, 0.05) is 6.08 Å². The van der Waals surface area contributed by atoms with Gasteiger partial charge in [-0.05, 0) is 68.1 Å². The molecule has 0 bridgehead atoms. The minimum atomic E-state index is -4.22. The van der Waals surface area contributed by atoms with Crippen LogP contribution in [0.1, 0.15) is 55.6 Å². The molecule has 1 aromatic rings. The molecular weight excluding hydrogens is 306 g/mol. The van der Waals surface area contributed by atoms with Crippen LogP contribution in [-0.4, -0.2) is 6.18 Å². The number of halogens is 4. The Labute approximate surface area is 133 Å². The maximum absolute atomic E-state index is 13.7. The van der Waals surface area contributed by atoms with E-state index in [2.05, 4.69) is 0 Å². The summed E-state index contributed by atoms with van der Waals surface area (Å²) in [6.07, 6.45) is 2.22. The van der Waals surface area contributed by atoms with Crippen molar-refractivity contribution in [1.82, 2.24) is 0 Å². The fourth-order valence-corrected chi connectivity index (χ4v) is 3.21. The minimum absolute atomic E-state index is 0.0545. The lowest BCUT2D eigenvalue weighted by Gasteiger charge is -2.28. The Balaban J connectivity index is 1.81. The normalized spacial score (nSPS) is 22.2. The SMILES string of the molecule is N#Cc1ccc([C@H]2CC[C@H](CC/C=C/C(F)(F)F)CC2)cc1F. The summed E-state index contributed by atoms with van der Waals surface area (Å²) < 4.78 is 49.7. The number of benzene rings is 1. The Morgan fingerprint density at radius 3 is 2.43 bits per heavy atom. The van der Waals surface area contributed by atoms with E-state index in [1.54, 1.807) is 6.07 Å². The molecule has 0 atom stereocenters. The highest BCUT2D eigenvalue weighted by Gasteiger charge is 2.24. The summed E-state index contributed by atoms with van der Waals surface area (Å²) in [7, 11) is 0. The molecule has 1 aliphatic carbocycles. The maximum atomic E-state index is 13.7. The third kappa shape index (κ3) is 5.38. The van der Waals surface area contributed by atoms with Gasteiger partial charge in [-0.15, -0.1) is 0 Å². The standard InChI is InChI=1S/C18H19F4N/c19-17-11-15(8-9-16(17)12-23)14-6-4-13(5-7-14)3-1-2-10-18(20,21)22/h2,8-11,13-14H,1,3-7H2/b10-2+/t13-,14-. The molecule has 1 saturated carbocycles. The second kappa shape index (κ2) is 7.63. The van der Waals surface area contributed by atoms with E-state index >= 15 is 0 Å². The Hall–Kier alpha value is -1.83. The molecule has 0 aromatic heterocycles. The first-order valence-electron chi connectivity index (χ1n) is 7.83. The second-order valence-corrected chi connectivity index (χ2v) is 6.09. The molecule has 23 heavy (non-hydrogen) atoms. The van der Waals surface area contributed by atoms with Crippen LogP contribution in [0.25, 0.3) is 0 Å². The Kier molecular flexibility index (Phi) is 5.81. The van der Waals surface area contributed by atoms with Gasteiger partial charge < -0.3 is 0 Å². The highest BCUT2D eigenvalue weighted by atomic mass is 19.4. The van der Waals surface area contributed by atoms with Gasteiger partial charge in [0.1, 0.15) is 11.9 Å². The Morgan fingerprint density at radius 1 is 1.17 bits per heavy atom. The van der Waals surface area contributed by atoms with E-state index in [0.717, 1.165) is 37.7 Å². The van der Waals surface area contributed by atoms with Crippen LogP contribution in [0.4, 0.5) is 17.6 Å². The zero-order valence-electron chi connectivity index (χ0n) is 12.7. The number of hydrogen-bond acceptors (Lipinski definition) is 1. The lowest BCUT2D eigenvalue weighted by molar-refractivity contribution is -0.0800. The number of nitriles is 1. The van der Waals surface area contributed by atoms with Gasteiger partial charge in [0.2, 0.25) is 0 Å². The van der Waals surface area contributed by atoms with Gasteiger partial charge in [-0.2, -0.15) is 18.4 Å². The minimum Gasteiger partial charge on any atom is -0.206 e. The first kappa shape index (κ1) is 17.5. The summed E-state index contributed by atoms with van der Waals surface area (Å²) in [5.41, 5.74) is 0.968. The topological polar surface area (TPSA) is 23.8 Å². The molecule has 5 heteroatoms. The molecular formula is C18H19F4N. The first-order chi connectivity index (χ1) is 10.9. The van der Waals surface area contributed by atoms with E-state index < -0.39 is 12.0 Å². The van der Waals surface area contributed by atoms with Gasteiger partial charge in [-0.25, -0.2) is 4.39 Å². The number of allylic oxidation sites excluding steroid dienone is 2. The van der Waals surface area contributed by atoms with Gasteiger partial charge in [0.25, 0.3) is 0 Å². The smallest absolute Gasteiger partial charge is 0.206 e. The highest BCUT2D eigenvalue weighted by molar-refractivity contribution is 5.34. The fraction of sp³-hybridized carbons (Fsp3) is 0.500. The van der Waals surface area contributed by atoms with E-state index in [0.29, 0.717) is 18.4 Å². The van der Waals surface area contributed by atoms with Gasteiger partial charge in [0.15, 0.2) is 0 Å². The van der Waals surface area contributed by atoms with Crippen molar-refractivity contribution in [3.05, 3.63) is 47.3 Å². The molecule has 0 amide bonds. The molecule has 0 aliphatic heterocycles. The number of nitrogens with zero attached hydrogens (tertiary/aromatic N) is 1. The van der Waals surface area contributed by atoms with Gasteiger partial charge in [-0.3, -0.25) is 0 Å². The molecule has 0 radical (unpaired) electrons. The molecule has 0 heterocycles. The average molecular weight is 325 g/mol. The fourth-order valence-electron chi connectivity index (χ4n) is 3.21. The summed E-state index contributed by atoms with van der Waals surface area (Å²) in [6, 6.07) is 6.57. The number of alkyl halides is 3. The largest absolute Gasteiger partial charge is 0.409 e. The highest BCUT2D eigenvalue weighted by Crippen LogP contribution is 2.38. The van der Waals surface area contributed by atoms with E-state index in [1.807, 2.05) is 6.07 Å².